The number of hydrogen-bond acceptors (Lipinski definition) is 15. The molecule has 127 heavy (non-hydrogen) atoms. The molecule has 2 amide bonds. The molecule has 0 bridgehead atoms. The van der Waals surface area contributed by atoms with Crippen molar-refractivity contribution in [3.8, 4) is 51.0 Å². The summed E-state index contributed by atoms with van der Waals surface area (Å²) in [5, 5.41) is 26.9. The van der Waals surface area contributed by atoms with Crippen LogP contribution in [0.4, 0.5) is 0 Å². The van der Waals surface area contributed by atoms with Gasteiger partial charge in [-0.05, 0) is 250 Å². The molecule has 22 rings (SSSR count). The number of rotatable bonds is 15. The third kappa shape index (κ3) is 13.7. The van der Waals surface area contributed by atoms with Crippen LogP contribution in [0.15, 0.2) is 222 Å². The van der Waals surface area contributed by atoms with E-state index in [0.717, 1.165) is 151 Å². The van der Waals surface area contributed by atoms with Crippen molar-refractivity contribution in [3.05, 3.63) is 326 Å². The van der Waals surface area contributed by atoms with E-state index in [-0.39, 0.29) is 48.1 Å². The van der Waals surface area contributed by atoms with E-state index in [1.807, 2.05) is 121 Å². The molecule has 3 N–H and O–H groups in total. The fraction of sp³-hybridized carbons (Fsp3) is 0.268. The van der Waals surface area contributed by atoms with Gasteiger partial charge in [-0.2, -0.15) is 15.3 Å². The van der Waals surface area contributed by atoms with Crippen molar-refractivity contribution in [2.45, 2.75) is 132 Å². The van der Waals surface area contributed by atoms with Gasteiger partial charge in [0, 0.05) is 148 Å². The third-order valence-electron chi connectivity index (χ3n) is 26.2. The van der Waals surface area contributed by atoms with Crippen LogP contribution >= 0.6 is 15.9 Å². The molecule has 29 nitrogen and oxygen atoms in total. The van der Waals surface area contributed by atoms with Crippen molar-refractivity contribution in [1.29, 1.82) is 0 Å². The van der Waals surface area contributed by atoms with Gasteiger partial charge in [0.05, 0.1) is 53.3 Å². The van der Waals surface area contributed by atoms with Gasteiger partial charge in [-0.3, -0.25) is 57.0 Å². The van der Waals surface area contributed by atoms with Gasteiger partial charge in [0.1, 0.15) is 34.1 Å². The molecular weight excluding hydrogens is 1670 g/mol. The standard InChI is InChI=1S/C48H45N11O4.C40H39N9O4.C9H8BrN/c1-7-38-30(5)36(12-14-49-38)31-8-10-41-32(21-31)23-42(58(41)48(24-29(48)4)45-51-46(61)63-53-45)44(60)55-15-13-39-37(26-55)43(59(52-39)35-19-27(2)18-28(3)20-35)57-17-16-56(47(57)62)34-9-11-40-33(22-34)25-50-54(40)6;1-6-31-25(5)29(9-11-41-31)26-7-8-33-27(18-26)19-34(48(33)40(20-24(40)4)37-43-39(52)53-45-37)36(50)46-13-10-32-30(21-46)35(47-14-12-42-38(47)51)49(44-32)28-16-22(2)15-23(3)17-28;1-11-5-4-7-6-8(10)2-3-9(7)11/h8-12,14,16-23,25,29H,7,13,15,24,26H2,1-6H3,(H,51,53,61);7-9,11-12,14-19,24H,6,10,13,20-21H2,1-5H3,(H,42,51)(H,43,45,52);2-6H,1H3/t29-,48-;24-,40-;/m00./s1. The first-order valence-electron chi connectivity index (χ1n) is 42.8. The molecule has 0 unspecified atom stereocenters. The van der Waals surface area contributed by atoms with E-state index in [1.54, 1.807) is 49.4 Å². The number of nitrogens with zero attached hydrogens (tertiary/aromatic N) is 18. The quantitative estimate of drug-likeness (QED) is 0.0859. The fourth-order valence-corrected chi connectivity index (χ4v) is 20.1. The number of imidazole rings is 2. The Balaban J connectivity index is 0.000000144. The van der Waals surface area contributed by atoms with Crippen molar-refractivity contribution >= 4 is 71.4 Å². The van der Waals surface area contributed by atoms with Gasteiger partial charge < -0.3 is 28.5 Å². The van der Waals surface area contributed by atoms with E-state index in [2.05, 4.69) is 210 Å². The summed E-state index contributed by atoms with van der Waals surface area (Å²) in [6, 6.07) is 47.1. The zero-order valence-electron chi connectivity index (χ0n) is 72.3. The highest BCUT2D eigenvalue weighted by atomic mass is 79.9. The van der Waals surface area contributed by atoms with Gasteiger partial charge in [-0.25, -0.2) is 28.5 Å². The van der Waals surface area contributed by atoms with Crippen LogP contribution in [0, 0.1) is 53.4 Å². The molecule has 2 fully saturated rings. The first-order valence-corrected chi connectivity index (χ1v) is 43.6. The predicted octanol–water partition coefficient (Wildman–Crippen LogP) is 15.3. The average molecular weight is 1760 g/mol. The largest absolute Gasteiger partial charge is 0.438 e. The Morgan fingerprint density at radius 3 is 1.47 bits per heavy atom. The van der Waals surface area contributed by atoms with Gasteiger partial charge in [-0.15, -0.1) is 0 Å². The van der Waals surface area contributed by atoms with Crippen LogP contribution in [-0.4, -0.2) is 127 Å². The highest BCUT2D eigenvalue weighted by Crippen LogP contribution is 2.58. The van der Waals surface area contributed by atoms with Crippen molar-refractivity contribution < 1.29 is 18.6 Å². The Morgan fingerprint density at radius 2 is 1.00 bits per heavy atom. The van der Waals surface area contributed by atoms with Crippen LogP contribution < -0.4 is 22.9 Å². The van der Waals surface area contributed by atoms with Crippen LogP contribution in [0.5, 0.6) is 0 Å². The Hall–Kier alpha value is -14.6. The molecular formula is C97H92BrN21O8. The third-order valence-corrected chi connectivity index (χ3v) is 26.7. The van der Waals surface area contributed by atoms with E-state index in [1.165, 1.54) is 10.9 Å². The van der Waals surface area contributed by atoms with E-state index in [0.29, 0.717) is 79.1 Å². The molecule has 14 heterocycles. The molecule has 0 radical (unpaired) electrons. The summed E-state index contributed by atoms with van der Waals surface area (Å²) >= 11 is 3.43. The SMILES string of the molecule is CCc1nccc(-c2ccc3c(c2)cc(C(=O)N2CCc4nn(-c5cc(C)cc(C)c5)c(-n5cc[nH]c5=O)c4C2)n3[C@@]2(c3noc(=O)[nH]3)C[C@@H]2C)c1C.CCc1nccc(-c2ccc3c(c2)cc(C(=O)N2CCc4nn(-c5cc(C)cc(C)c5)c(-n5ccn(-c6ccc7c(cnn7C)c6)c5=O)c4C2)n3[C@@]2(c3noc(=O)[nH]3)C[C@@H]2C)c1C.Cn1ccc2cc(Br)ccc21. The summed E-state index contributed by atoms with van der Waals surface area (Å²) < 4.78 is 27.7. The van der Waals surface area contributed by atoms with Crippen molar-refractivity contribution in [3.63, 3.8) is 0 Å². The summed E-state index contributed by atoms with van der Waals surface area (Å²) in [7, 11) is 3.94. The van der Waals surface area contributed by atoms with E-state index in [9.17, 15) is 19.2 Å². The first-order chi connectivity index (χ1) is 61.3. The number of amides is 2. The molecule has 6 aromatic carbocycles. The molecule has 2 saturated carbocycles. The molecule has 2 aliphatic heterocycles. The number of aryl methyl sites for hydroxylation is 8. The minimum atomic E-state index is -0.808. The number of H-pyrrole nitrogens is 3. The Kier molecular flexibility index (Phi) is 19.7. The van der Waals surface area contributed by atoms with Crippen molar-refractivity contribution in [1.82, 2.24) is 102 Å². The molecule has 0 spiro atoms. The zero-order valence-corrected chi connectivity index (χ0v) is 73.9. The maximum Gasteiger partial charge on any atom is 0.438 e. The highest BCUT2D eigenvalue weighted by Gasteiger charge is 2.60. The van der Waals surface area contributed by atoms with Gasteiger partial charge >= 0.3 is 22.9 Å². The zero-order chi connectivity index (χ0) is 88.1. The Labute approximate surface area is 735 Å². The number of aromatic nitrogens is 19. The fourth-order valence-electron chi connectivity index (χ4n) is 19.7. The summed E-state index contributed by atoms with van der Waals surface area (Å²) in [6.07, 6.45) is 18.3. The minimum absolute atomic E-state index is 0.0417. The number of carbonyl (C=O) groups is 2. The highest BCUT2D eigenvalue weighted by molar-refractivity contribution is 9.10. The Morgan fingerprint density at radius 1 is 0.512 bits per heavy atom. The molecule has 18 aromatic rings. The van der Waals surface area contributed by atoms with Crippen LogP contribution in [0.2, 0.25) is 0 Å². The second kappa shape index (κ2) is 31.0. The predicted molar refractivity (Wildman–Crippen MR) is 487 cm³/mol. The summed E-state index contributed by atoms with van der Waals surface area (Å²) in [6.45, 7) is 22.0. The van der Waals surface area contributed by atoms with Gasteiger partial charge in [-0.1, -0.05) is 78.2 Å². The van der Waals surface area contributed by atoms with Gasteiger partial charge in [0.2, 0.25) is 0 Å². The number of halogens is 1. The van der Waals surface area contributed by atoms with Crippen molar-refractivity contribution in [2.24, 2.45) is 25.9 Å². The summed E-state index contributed by atoms with van der Waals surface area (Å²) in [5.41, 5.74) is 21.2. The number of nitrogens with one attached hydrogen (secondary N) is 3. The molecule has 2 aliphatic carbocycles. The lowest BCUT2D eigenvalue weighted by molar-refractivity contribution is 0.0714. The monoisotopic (exact) mass is 1760 g/mol. The topological polar surface area (TPSA) is 317 Å². The molecule has 4 aliphatic rings. The van der Waals surface area contributed by atoms with E-state index < -0.39 is 22.6 Å². The second-order valence-corrected chi connectivity index (χ2v) is 35.3. The molecule has 12 aromatic heterocycles. The van der Waals surface area contributed by atoms with Crippen LogP contribution in [-0.2, 0) is 63.9 Å². The number of hydrogen-bond donors (Lipinski definition) is 3. The molecule has 30 heteroatoms. The minimum Gasteiger partial charge on any atom is -0.351 e. The number of pyridine rings is 2. The van der Waals surface area contributed by atoms with Gasteiger partial charge in [0.15, 0.2) is 11.6 Å². The Bertz CT molecular complexity index is 7740. The van der Waals surface area contributed by atoms with Crippen LogP contribution in [0.1, 0.15) is 140 Å². The normalized spacial score (nSPS) is 17.0. The number of carbonyl (C=O) groups excluding carboxylic acids is 2. The number of fused-ring (bicyclic) bond motifs is 6. The lowest BCUT2D eigenvalue weighted by Gasteiger charge is -2.29. The lowest BCUT2D eigenvalue weighted by Crippen LogP contribution is -2.39. The molecule has 0 saturated heterocycles. The smallest absolute Gasteiger partial charge is 0.351 e. The summed E-state index contributed by atoms with van der Waals surface area (Å²) in [5.74, 6) is 0.436. The summed E-state index contributed by atoms with van der Waals surface area (Å²) in [4.78, 5) is 104. The van der Waals surface area contributed by atoms with Crippen molar-refractivity contribution in [2.75, 3.05) is 13.1 Å². The van der Waals surface area contributed by atoms with Gasteiger partial charge in [0.25, 0.3) is 11.8 Å². The average Bonchev–Trinajstić information content (AvgIpc) is 1.53. The molecule has 640 valence electrons. The second-order valence-electron chi connectivity index (χ2n) is 34.4. The number of benzene rings is 6. The molecule has 4 atom stereocenters. The van der Waals surface area contributed by atoms with E-state index >= 15 is 9.59 Å². The first kappa shape index (κ1) is 80.8. The van der Waals surface area contributed by atoms with Crippen LogP contribution in [0.3, 0.4) is 0 Å². The lowest BCUT2D eigenvalue weighted by atomic mass is 9.98. The van der Waals surface area contributed by atoms with E-state index in [4.69, 9.17) is 19.2 Å². The maximum atomic E-state index is 15.4. The maximum absolute atomic E-state index is 15.4. The number of aromatic amines is 3. The van der Waals surface area contributed by atoms with Crippen LogP contribution in [0.25, 0.3) is 94.6 Å².